The van der Waals surface area contributed by atoms with E-state index in [0.29, 0.717) is 24.5 Å². The predicted molar refractivity (Wildman–Crippen MR) is 76.5 cm³/mol. The molecule has 20 heavy (non-hydrogen) atoms. The van der Waals surface area contributed by atoms with Gasteiger partial charge in [-0.05, 0) is 37.0 Å². The molecule has 3 unspecified atom stereocenters. The zero-order valence-corrected chi connectivity index (χ0v) is 12.5. The van der Waals surface area contributed by atoms with Crippen molar-refractivity contribution in [3.63, 3.8) is 0 Å². The Morgan fingerprint density at radius 3 is 3.00 bits per heavy atom. The molecule has 0 radical (unpaired) electrons. The lowest BCUT2D eigenvalue weighted by molar-refractivity contribution is 0.0974. The molecule has 2 aliphatic rings. The van der Waals surface area contributed by atoms with Gasteiger partial charge in [-0.1, -0.05) is 33.2 Å². The van der Waals surface area contributed by atoms with Crippen molar-refractivity contribution in [2.24, 2.45) is 0 Å². The fraction of sp³-hybridized carbons (Fsp3) is 0.467. The molecule has 0 spiro atoms. The average molecular weight is 335 g/mol. The standard InChI is InChI=1S/C15H15BrN2O2/c16-10-3-1-2-9(6-10)7-14-17-15(20-18-14)12-8-11-4-5-13(12)19-11/h1-3,6,11-13H,4-5,7-8H2. The van der Waals surface area contributed by atoms with Crippen molar-refractivity contribution in [2.75, 3.05) is 0 Å². The maximum absolute atomic E-state index is 5.85. The van der Waals surface area contributed by atoms with E-state index in [1.807, 2.05) is 12.1 Å². The third-order valence-electron chi connectivity index (χ3n) is 4.16. The summed E-state index contributed by atoms with van der Waals surface area (Å²) in [7, 11) is 0. The van der Waals surface area contributed by atoms with Gasteiger partial charge in [-0.25, -0.2) is 0 Å². The molecule has 104 valence electrons. The molecule has 2 aliphatic heterocycles. The topological polar surface area (TPSA) is 48.2 Å². The maximum atomic E-state index is 5.85. The summed E-state index contributed by atoms with van der Waals surface area (Å²) in [5.41, 5.74) is 1.18. The molecule has 0 N–H and O–H groups in total. The molecule has 2 bridgehead atoms. The van der Waals surface area contributed by atoms with Crippen LogP contribution in [0.3, 0.4) is 0 Å². The van der Waals surface area contributed by atoms with Gasteiger partial charge in [0, 0.05) is 10.9 Å². The summed E-state index contributed by atoms with van der Waals surface area (Å²) in [6.07, 6.45) is 4.73. The second-order valence-electron chi connectivity index (χ2n) is 5.57. The number of nitrogens with zero attached hydrogens (tertiary/aromatic N) is 2. The van der Waals surface area contributed by atoms with Crippen LogP contribution in [0, 0.1) is 0 Å². The molecule has 2 saturated heterocycles. The highest BCUT2D eigenvalue weighted by Gasteiger charge is 2.44. The molecule has 2 aromatic rings. The SMILES string of the molecule is Brc1cccc(Cc2noc(C3CC4CCC3O4)n2)c1. The van der Waals surface area contributed by atoms with E-state index >= 15 is 0 Å². The number of benzene rings is 1. The first kappa shape index (κ1) is 12.5. The fourth-order valence-corrected chi connectivity index (χ4v) is 3.66. The first-order valence-electron chi connectivity index (χ1n) is 7.00. The van der Waals surface area contributed by atoms with E-state index < -0.39 is 0 Å². The van der Waals surface area contributed by atoms with Crippen molar-refractivity contribution in [3.05, 3.63) is 46.0 Å². The van der Waals surface area contributed by atoms with E-state index in [0.717, 1.165) is 29.0 Å². The Morgan fingerprint density at radius 1 is 1.30 bits per heavy atom. The molecule has 3 heterocycles. The number of hydrogen-bond acceptors (Lipinski definition) is 4. The molecule has 1 aromatic heterocycles. The molecule has 0 aliphatic carbocycles. The van der Waals surface area contributed by atoms with Gasteiger partial charge in [-0.2, -0.15) is 4.98 Å². The van der Waals surface area contributed by atoms with E-state index in [9.17, 15) is 0 Å². The normalized spacial score (nSPS) is 28.1. The molecule has 0 saturated carbocycles. The Labute approximate surface area is 125 Å². The summed E-state index contributed by atoms with van der Waals surface area (Å²) in [5, 5.41) is 4.11. The van der Waals surface area contributed by atoms with E-state index in [1.165, 1.54) is 12.0 Å². The zero-order valence-electron chi connectivity index (χ0n) is 11.0. The van der Waals surface area contributed by atoms with Gasteiger partial charge in [0.1, 0.15) is 0 Å². The molecular weight excluding hydrogens is 320 g/mol. The lowest BCUT2D eigenvalue weighted by Crippen LogP contribution is -2.14. The minimum Gasteiger partial charge on any atom is -0.374 e. The Kier molecular flexibility index (Phi) is 3.11. The van der Waals surface area contributed by atoms with Crippen molar-refractivity contribution in [3.8, 4) is 0 Å². The minimum absolute atomic E-state index is 0.291. The number of aromatic nitrogens is 2. The van der Waals surface area contributed by atoms with Crippen LogP contribution in [0.2, 0.25) is 0 Å². The van der Waals surface area contributed by atoms with Crippen LogP contribution >= 0.6 is 15.9 Å². The van der Waals surface area contributed by atoms with E-state index in [-0.39, 0.29) is 0 Å². The van der Waals surface area contributed by atoms with Crippen molar-refractivity contribution >= 4 is 15.9 Å². The molecule has 1 aromatic carbocycles. The Balaban J connectivity index is 1.51. The summed E-state index contributed by atoms with van der Waals surface area (Å²) < 4.78 is 12.4. The summed E-state index contributed by atoms with van der Waals surface area (Å²) in [4.78, 5) is 4.56. The van der Waals surface area contributed by atoms with Gasteiger partial charge in [0.2, 0.25) is 5.89 Å². The van der Waals surface area contributed by atoms with Crippen LogP contribution in [0.15, 0.2) is 33.3 Å². The predicted octanol–water partition coefficient (Wildman–Crippen LogP) is 3.46. The van der Waals surface area contributed by atoms with Crippen LogP contribution in [-0.4, -0.2) is 22.3 Å². The van der Waals surface area contributed by atoms with Gasteiger partial charge >= 0.3 is 0 Å². The molecule has 4 nitrogen and oxygen atoms in total. The van der Waals surface area contributed by atoms with E-state index in [1.54, 1.807) is 0 Å². The number of halogens is 1. The van der Waals surface area contributed by atoms with E-state index in [4.69, 9.17) is 9.26 Å². The Morgan fingerprint density at radius 2 is 2.25 bits per heavy atom. The van der Waals surface area contributed by atoms with Gasteiger partial charge in [-0.3, -0.25) is 0 Å². The smallest absolute Gasteiger partial charge is 0.232 e. The van der Waals surface area contributed by atoms with Crippen molar-refractivity contribution in [1.29, 1.82) is 0 Å². The molecule has 0 amide bonds. The van der Waals surface area contributed by atoms with Crippen LogP contribution < -0.4 is 0 Å². The lowest BCUT2D eigenvalue weighted by atomic mass is 9.89. The summed E-state index contributed by atoms with van der Waals surface area (Å²) in [5.74, 6) is 1.81. The van der Waals surface area contributed by atoms with Crippen LogP contribution in [0.25, 0.3) is 0 Å². The van der Waals surface area contributed by atoms with Crippen LogP contribution in [-0.2, 0) is 11.2 Å². The zero-order chi connectivity index (χ0) is 13.5. The molecule has 2 fully saturated rings. The highest BCUT2D eigenvalue weighted by molar-refractivity contribution is 9.10. The molecule has 3 atom stereocenters. The highest BCUT2D eigenvalue weighted by Crippen LogP contribution is 2.43. The third-order valence-corrected chi connectivity index (χ3v) is 4.65. The number of ether oxygens (including phenoxy) is 1. The molecule has 5 heteroatoms. The quantitative estimate of drug-likeness (QED) is 0.862. The monoisotopic (exact) mass is 334 g/mol. The molecular formula is C15H15BrN2O2. The van der Waals surface area contributed by atoms with Gasteiger partial charge in [0.05, 0.1) is 18.1 Å². The largest absolute Gasteiger partial charge is 0.374 e. The highest BCUT2D eigenvalue weighted by atomic mass is 79.9. The maximum Gasteiger partial charge on any atom is 0.232 e. The van der Waals surface area contributed by atoms with E-state index in [2.05, 4.69) is 38.2 Å². The number of fused-ring (bicyclic) bond motifs is 2. The number of rotatable bonds is 3. The van der Waals surface area contributed by atoms with Gasteiger partial charge in [0.15, 0.2) is 5.82 Å². The average Bonchev–Trinajstić information content (AvgIpc) is 3.13. The Bertz CT molecular complexity index is 628. The lowest BCUT2D eigenvalue weighted by Gasteiger charge is -2.13. The minimum atomic E-state index is 0.291. The summed E-state index contributed by atoms with van der Waals surface area (Å²) in [6, 6.07) is 8.18. The van der Waals surface area contributed by atoms with Crippen molar-refractivity contribution in [2.45, 2.75) is 43.8 Å². The third kappa shape index (κ3) is 2.29. The number of hydrogen-bond donors (Lipinski definition) is 0. The molecule has 4 rings (SSSR count). The van der Waals surface area contributed by atoms with Gasteiger partial charge < -0.3 is 9.26 Å². The Hall–Kier alpha value is -1.20. The van der Waals surface area contributed by atoms with Gasteiger partial charge in [0.25, 0.3) is 0 Å². The van der Waals surface area contributed by atoms with Crippen LogP contribution in [0.5, 0.6) is 0 Å². The fourth-order valence-electron chi connectivity index (χ4n) is 3.22. The first-order valence-corrected chi connectivity index (χ1v) is 7.79. The summed E-state index contributed by atoms with van der Waals surface area (Å²) >= 11 is 3.48. The van der Waals surface area contributed by atoms with Crippen LogP contribution in [0.1, 0.15) is 42.5 Å². The van der Waals surface area contributed by atoms with Crippen molar-refractivity contribution < 1.29 is 9.26 Å². The second kappa shape index (κ2) is 4.97. The summed E-state index contributed by atoms with van der Waals surface area (Å²) in [6.45, 7) is 0. The first-order chi connectivity index (χ1) is 9.78. The van der Waals surface area contributed by atoms with Crippen molar-refractivity contribution in [1.82, 2.24) is 10.1 Å². The van der Waals surface area contributed by atoms with Gasteiger partial charge in [-0.15, -0.1) is 0 Å². The second-order valence-corrected chi connectivity index (χ2v) is 6.49. The van der Waals surface area contributed by atoms with Crippen LogP contribution in [0.4, 0.5) is 0 Å².